The lowest BCUT2D eigenvalue weighted by molar-refractivity contribution is -0.138. The zero-order valence-corrected chi connectivity index (χ0v) is 9.56. The quantitative estimate of drug-likeness (QED) is 0.832. The third-order valence-corrected chi connectivity index (χ3v) is 3.10. The van der Waals surface area contributed by atoms with Crippen molar-refractivity contribution in [2.24, 2.45) is 0 Å². The van der Waals surface area contributed by atoms with Crippen molar-refractivity contribution in [3.05, 3.63) is 34.9 Å². The van der Waals surface area contributed by atoms with Crippen LogP contribution in [0, 0.1) is 0 Å². The summed E-state index contributed by atoms with van der Waals surface area (Å²) in [5, 5.41) is 6.06. The van der Waals surface area contributed by atoms with Gasteiger partial charge in [0, 0.05) is 25.6 Å². The van der Waals surface area contributed by atoms with Gasteiger partial charge >= 0.3 is 6.18 Å². The van der Waals surface area contributed by atoms with Gasteiger partial charge in [-0.2, -0.15) is 13.2 Å². The average molecular weight is 244 g/mol. The average Bonchev–Trinajstić information content (AvgIpc) is 2.28. The minimum absolute atomic E-state index is 0.103. The zero-order valence-electron chi connectivity index (χ0n) is 9.56. The number of halogens is 3. The van der Waals surface area contributed by atoms with Crippen LogP contribution in [-0.4, -0.2) is 20.1 Å². The number of alkyl halides is 3. The van der Waals surface area contributed by atoms with Crippen molar-refractivity contribution in [1.29, 1.82) is 0 Å². The molecule has 2 N–H and O–H groups in total. The van der Waals surface area contributed by atoms with Crippen LogP contribution in [-0.2, 0) is 12.7 Å². The molecule has 1 heterocycles. The molecular weight excluding hydrogens is 229 g/mol. The first kappa shape index (κ1) is 12.4. The van der Waals surface area contributed by atoms with E-state index in [1.165, 1.54) is 6.07 Å². The first-order valence-corrected chi connectivity index (χ1v) is 5.58. The van der Waals surface area contributed by atoms with Crippen LogP contribution in [0.1, 0.15) is 22.6 Å². The molecule has 0 aromatic heterocycles. The SMILES string of the molecule is CNCC1CNCc2c1cccc2C(F)(F)F. The van der Waals surface area contributed by atoms with Gasteiger partial charge in [0.1, 0.15) is 0 Å². The van der Waals surface area contributed by atoms with Crippen molar-refractivity contribution >= 4 is 0 Å². The molecule has 0 aliphatic carbocycles. The molecule has 1 unspecified atom stereocenters. The molecule has 0 amide bonds. The third-order valence-electron chi connectivity index (χ3n) is 3.10. The lowest BCUT2D eigenvalue weighted by Crippen LogP contribution is -2.34. The molecule has 17 heavy (non-hydrogen) atoms. The maximum Gasteiger partial charge on any atom is 0.416 e. The predicted molar refractivity (Wildman–Crippen MR) is 59.8 cm³/mol. The van der Waals surface area contributed by atoms with Crippen molar-refractivity contribution in [2.75, 3.05) is 20.1 Å². The maximum atomic E-state index is 12.8. The van der Waals surface area contributed by atoms with Crippen molar-refractivity contribution in [1.82, 2.24) is 10.6 Å². The number of benzene rings is 1. The third kappa shape index (κ3) is 2.45. The van der Waals surface area contributed by atoms with Crippen molar-refractivity contribution in [3.63, 3.8) is 0 Å². The number of hydrogen-bond acceptors (Lipinski definition) is 2. The number of nitrogens with one attached hydrogen (secondary N) is 2. The molecule has 1 aliphatic heterocycles. The summed E-state index contributed by atoms with van der Waals surface area (Å²) in [4.78, 5) is 0. The van der Waals surface area contributed by atoms with Gasteiger partial charge in [-0.25, -0.2) is 0 Å². The van der Waals surface area contributed by atoms with Gasteiger partial charge in [0.25, 0.3) is 0 Å². The van der Waals surface area contributed by atoms with Crippen molar-refractivity contribution in [3.8, 4) is 0 Å². The molecule has 94 valence electrons. The summed E-state index contributed by atoms with van der Waals surface area (Å²) in [6.07, 6.45) is -4.27. The lowest BCUT2D eigenvalue weighted by Gasteiger charge is -2.28. The maximum absolute atomic E-state index is 12.8. The van der Waals surface area contributed by atoms with E-state index in [-0.39, 0.29) is 5.92 Å². The lowest BCUT2D eigenvalue weighted by atomic mass is 9.88. The molecule has 0 radical (unpaired) electrons. The van der Waals surface area contributed by atoms with Crippen LogP contribution in [0.3, 0.4) is 0 Å². The second-order valence-corrected chi connectivity index (χ2v) is 4.26. The van der Waals surface area contributed by atoms with E-state index in [4.69, 9.17) is 0 Å². The Bertz CT molecular complexity index is 401. The minimum Gasteiger partial charge on any atom is -0.319 e. The summed E-state index contributed by atoms with van der Waals surface area (Å²) in [5.41, 5.74) is 0.697. The summed E-state index contributed by atoms with van der Waals surface area (Å²) in [6.45, 7) is 1.70. The largest absolute Gasteiger partial charge is 0.416 e. The predicted octanol–water partition coefficient (Wildman–Crippen LogP) is 2.11. The molecule has 1 aromatic rings. The fraction of sp³-hybridized carbons (Fsp3) is 0.500. The van der Waals surface area contributed by atoms with Crippen LogP contribution in [0.15, 0.2) is 18.2 Å². The van der Waals surface area contributed by atoms with E-state index >= 15 is 0 Å². The van der Waals surface area contributed by atoms with Crippen LogP contribution < -0.4 is 10.6 Å². The van der Waals surface area contributed by atoms with Gasteiger partial charge in [-0.05, 0) is 24.2 Å². The Morgan fingerprint density at radius 1 is 1.41 bits per heavy atom. The van der Waals surface area contributed by atoms with Gasteiger partial charge in [0.05, 0.1) is 5.56 Å². The highest BCUT2D eigenvalue weighted by molar-refractivity contribution is 5.41. The van der Waals surface area contributed by atoms with Gasteiger partial charge in [-0.15, -0.1) is 0 Å². The van der Waals surface area contributed by atoms with E-state index in [2.05, 4.69) is 10.6 Å². The Hall–Kier alpha value is -1.07. The highest BCUT2D eigenvalue weighted by Crippen LogP contribution is 2.36. The number of likely N-dealkylation sites (N-methyl/N-ethyl adjacent to an activating group) is 1. The van der Waals surface area contributed by atoms with E-state index in [9.17, 15) is 13.2 Å². The second kappa shape index (κ2) is 4.66. The van der Waals surface area contributed by atoms with Gasteiger partial charge in [0.2, 0.25) is 0 Å². The molecule has 1 aromatic carbocycles. The molecule has 0 saturated heterocycles. The van der Waals surface area contributed by atoms with Gasteiger partial charge < -0.3 is 10.6 Å². The van der Waals surface area contributed by atoms with Crippen LogP contribution in [0.25, 0.3) is 0 Å². The summed E-state index contributed by atoms with van der Waals surface area (Å²) in [7, 11) is 1.81. The standard InChI is InChI=1S/C12H15F3N2/c1-16-5-8-6-17-7-10-9(8)3-2-4-11(10)12(13,14)15/h2-4,8,16-17H,5-7H2,1H3. The van der Waals surface area contributed by atoms with Crippen LogP contribution in [0.5, 0.6) is 0 Å². The molecule has 2 nitrogen and oxygen atoms in total. The molecule has 1 atom stereocenters. The summed E-state index contributed by atoms with van der Waals surface area (Å²) in [5.74, 6) is 0.103. The first-order valence-electron chi connectivity index (χ1n) is 5.58. The normalized spacial score (nSPS) is 20.1. The fourth-order valence-electron chi connectivity index (χ4n) is 2.36. The molecule has 5 heteroatoms. The topological polar surface area (TPSA) is 24.1 Å². The fourth-order valence-corrected chi connectivity index (χ4v) is 2.36. The van der Waals surface area contributed by atoms with E-state index in [0.29, 0.717) is 18.7 Å². The van der Waals surface area contributed by atoms with E-state index in [1.54, 1.807) is 6.07 Å². The highest BCUT2D eigenvalue weighted by atomic mass is 19.4. The summed E-state index contributed by atoms with van der Waals surface area (Å²) in [6, 6.07) is 4.45. The Balaban J connectivity index is 2.44. The number of rotatable bonds is 2. The summed E-state index contributed by atoms with van der Waals surface area (Å²) >= 11 is 0. The molecule has 2 rings (SSSR count). The van der Waals surface area contributed by atoms with Gasteiger partial charge in [-0.1, -0.05) is 12.1 Å². The van der Waals surface area contributed by atoms with E-state index in [1.807, 2.05) is 7.05 Å². The highest BCUT2D eigenvalue weighted by Gasteiger charge is 2.35. The summed E-state index contributed by atoms with van der Waals surface area (Å²) < 4.78 is 38.5. The Kier molecular flexibility index (Phi) is 3.40. The molecule has 0 saturated carbocycles. The molecule has 1 aliphatic rings. The molecule has 0 fully saturated rings. The molecule has 0 spiro atoms. The van der Waals surface area contributed by atoms with Crippen LogP contribution >= 0.6 is 0 Å². The second-order valence-electron chi connectivity index (χ2n) is 4.26. The van der Waals surface area contributed by atoms with E-state index in [0.717, 1.165) is 18.2 Å². The van der Waals surface area contributed by atoms with Crippen LogP contribution in [0.4, 0.5) is 13.2 Å². The van der Waals surface area contributed by atoms with Crippen molar-refractivity contribution < 1.29 is 13.2 Å². The van der Waals surface area contributed by atoms with Gasteiger partial charge in [0.15, 0.2) is 0 Å². The molecule has 0 bridgehead atoms. The molecular formula is C12H15F3N2. The van der Waals surface area contributed by atoms with Crippen molar-refractivity contribution in [2.45, 2.75) is 18.6 Å². The number of hydrogen-bond donors (Lipinski definition) is 2. The van der Waals surface area contributed by atoms with Crippen LogP contribution in [0.2, 0.25) is 0 Å². The van der Waals surface area contributed by atoms with Gasteiger partial charge in [-0.3, -0.25) is 0 Å². The smallest absolute Gasteiger partial charge is 0.319 e. The first-order chi connectivity index (χ1) is 8.04. The number of fused-ring (bicyclic) bond motifs is 1. The Morgan fingerprint density at radius 2 is 2.18 bits per heavy atom. The Morgan fingerprint density at radius 3 is 2.82 bits per heavy atom. The monoisotopic (exact) mass is 244 g/mol. The minimum atomic E-state index is -4.27. The Labute approximate surface area is 98.2 Å². The zero-order chi connectivity index (χ0) is 12.5. The van der Waals surface area contributed by atoms with E-state index < -0.39 is 11.7 Å².